The van der Waals surface area contributed by atoms with Crippen LogP contribution in [-0.4, -0.2) is 42.2 Å². The minimum absolute atomic E-state index is 0.0185. The molecule has 0 radical (unpaired) electrons. The number of amides is 1. The van der Waals surface area contributed by atoms with Gasteiger partial charge in [-0.3, -0.25) is 4.79 Å². The monoisotopic (exact) mass is 392 g/mol. The molecule has 0 aliphatic rings. The maximum Gasteiger partial charge on any atom is 0.326 e. The van der Waals surface area contributed by atoms with Gasteiger partial charge in [0.25, 0.3) is 0 Å². The van der Waals surface area contributed by atoms with Gasteiger partial charge in [0.05, 0.1) is 31.9 Å². The van der Waals surface area contributed by atoms with E-state index in [1.165, 1.54) is 11.3 Å². The van der Waals surface area contributed by atoms with Crippen molar-refractivity contribution >= 4 is 23.2 Å². The Morgan fingerprint density at radius 3 is 2.59 bits per heavy atom. The highest BCUT2D eigenvalue weighted by atomic mass is 32.1. The lowest BCUT2D eigenvalue weighted by Crippen LogP contribution is -2.42. The van der Waals surface area contributed by atoms with Crippen molar-refractivity contribution in [3.63, 3.8) is 0 Å². The average molecular weight is 392 g/mol. The lowest BCUT2D eigenvalue weighted by molar-refractivity contribution is -0.142. The van der Waals surface area contributed by atoms with Crippen LogP contribution in [0.3, 0.4) is 0 Å². The summed E-state index contributed by atoms with van der Waals surface area (Å²) in [7, 11) is 3.12. The number of methoxy groups -OCH3 is 2. The van der Waals surface area contributed by atoms with Crippen molar-refractivity contribution < 1.29 is 24.2 Å². The summed E-state index contributed by atoms with van der Waals surface area (Å²) in [5.41, 5.74) is 1.35. The Kier molecular flexibility index (Phi) is 7.18. The third-order valence-corrected chi connectivity index (χ3v) is 4.79. The van der Waals surface area contributed by atoms with E-state index in [0.717, 1.165) is 5.56 Å². The lowest BCUT2D eigenvalue weighted by Gasteiger charge is -2.16. The van der Waals surface area contributed by atoms with Crippen LogP contribution in [0.25, 0.3) is 10.6 Å². The quantitative estimate of drug-likeness (QED) is 0.681. The van der Waals surface area contributed by atoms with Crippen molar-refractivity contribution in [2.45, 2.75) is 32.7 Å². The third-order valence-electron chi connectivity index (χ3n) is 3.87. The van der Waals surface area contributed by atoms with Gasteiger partial charge in [-0.15, -0.1) is 11.3 Å². The molecule has 0 spiro atoms. The number of thiazole rings is 1. The van der Waals surface area contributed by atoms with E-state index < -0.39 is 12.0 Å². The number of rotatable bonds is 9. The second-order valence-corrected chi connectivity index (χ2v) is 7.31. The van der Waals surface area contributed by atoms with Gasteiger partial charge in [0.15, 0.2) is 11.5 Å². The number of hydrogen-bond acceptors (Lipinski definition) is 6. The highest BCUT2D eigenvalue weighted by molar-refractivity contribution is 7.13. The van der Waals surface area contributed by atoms with Gasteiger partial charge in [-0.25, -0.2) is 9.78 Å². The molecule has 0 bridgehead atoms. The molecule has 2 aromatic rings. The molecular formula is C19H24N2O5S. The van der Waals surface area contributed by atoms with Gasteiger partial charge in [0.1, 0.15) is 11.0 Å². The largest absolute Gasteiger partial charge is 0.493 e. The molecule has 0 aliphatic carbocycles. The number of carboxylic acids is 1. The fourth-order valence-electron chi connectivity index (χ4n) is 2.67. The molecule has 0 fully saturated rings. The summed E-state index contributed by atoms with van der Waals surface area (Å²) in [4.78, 5) is 28.0. The molecule has 0 saturated heterocycles. The maximum atomic E-state index is 12.2. The molecule has 1 aromatic carbocycles. The summed E-state index contributed by atoms with van der Waals surface area (Å²) < 4.78 is 10.7. The van der Waals surface area contributed by atoms with Crippen LogP contribution in [0.1, 0.15) is 26.0 Å². The molecule has 0 saturated carbocycles. The Morgan fingerprint density at radius 2 is 2.00 bits per heavy atom. The minimum atomic E-state index is -1.03. The molecule has 27 heavy (non-hydrogen) atoms. The molecule has 0 unspecified atom stereocenters. The molecule has 2 N–H and O–H groups in total. The summed E-state index contributed by atoms with van der Waals surface area (Å²) >= 11 is 1.39. The van der Waals surface area contributed by atoms with Gasteiger partial charge in [-0.05, 0) is 24.5 Å². The summed E-state index contributed by atoms with van der Waals surface area (Å²) in [5, 5.41) is 14.3. The van der Waals surface area contributed by atoms with E-state index in [9.17, 15) is 14.7 Å². The van der Waals surface area contributed by atoms with E-state index in [2.05, 4.69) is 10.3 Å². The number of para-hydroxylation sites is 1. The predicted molar refractivity (Wildman–Crippen MR) is 103 cm³/mol. The molecular weight excluding hydrogens is 368 g/mol. The number of hydrogen-bond donors (Lipinski definition) is 2. The second kappa shape index (κ2) is 9.36. The van der Waals surface area contributed by atoms with Gasteiger partial charge < -0.3 is 19.9 Å². The highest BCUT2D eigenvalue weighted by Gasteiger charge is 2.22. The van der Waals surface area contributed by atoms with Crippen LogP contribution in [0.2, 0.25) is 0 Å². The van der Waals surface area contributed by atoms with E-state index in [1.807, 2.05) is 26.0 Å². The van der Waals surface area contributed by atoms with Crippen molar-refractivity contribution in [1.82, 2.24) is 10.3 Å². The van der Waals surface area contributed by atoms with Crippen LogP contribution in [0.4, 0.5) is 0 Å². The molecule has 2 rings (SSSR count). The fourth-order valence-corrected chi connectivity index (χ4v) is 3.51. The van der Waals surface area contributed by atoms with Crippen LogP contribution in [0.5, 0.6) is 11.5 Å². The highest BCUT2D eigenvalue weighted by Crippen LogP contribution is 2.38. The Bertz CT molecular complexity index is 803. The first-order chi connectivity index (χ1) is 12.8. The number of aromatic nitrogens is 1. The van der Waals surface area contributed by atoms with E-state index in [4.69, 9.17) is 9.47 Å². The lowest BCUT2D eigenvalue weighted by atomic mass is 10.0. The van der Waals surface area contributed by atoms with Crippen molar-refractivity contribution in [3.05, 3.63) is 29.3 Å². The number of carboxylic acid groups (broad SMARTS) is 1. The molecule has 0 aliphatic heterocycles. The van der Waals surface area contributed by atoms with Gasteiger partial charge in [0, 0.05) is 5.38 Å². The smallest absolute Gasteiger partial charge is 0.326 e. The first-order valence-corrected chi connectivity index (χ1v) is 9.41. The Balaban J connectivity index is 2.12. The predicted octanol–water partition coefficient (Wildman–Crippen LogP) is 2.99. The van der Waals surface area contributed by atoms with E-state index in [1.54, 1.807) is 25.7 Å². The molecule has 1 amide bonds. The summed E-state index contributed by atoms with van der Waals surface area (Å²) in [6.45, 7) is 3.83. The van der Waals surface area contributed by atoms with Crippen molar-refractivity contribution in [3.8, 4) is 22.1 Å². The van der Waals surface area contributed by atoms with Crippen molar-refractivity contribution in [2.24, 2.45) is 5.92 Å². The molecule has 8 heteroatoms. The number of carbonyl (C=O) groups is 2. The topological polar surface area (TPSA) is 97.8 Å². The van der Waals surface area contributed by atoms with E-state index >= 15 is 0 Å². The SMILES string of the molecule is COc1cccc(-c2nc(CC(=O)N[C@H](CC(C)C)C(=O)O)cs2)c1OC. The zero-order valence-electron chi connectivity index (χ0n) is 15.8. The molecule has 7 nitrogen and oxygen atoms in total. The molecule has 1 aromatic heterocycles. The van der Waals surface area contributed by atoms with Gasteiger partial charge >= 0.3 is 5.97 Å². The number of carbonyl (C=O) groups excluding carboxylic acids is 1. The number of nitrogens with zero attached hydrogens (tertiary/aromatic N) is 1. The van der Waals surface area contributed by atoms with E-state index in [0.29, 0.717) is 28.6 Å². The van der Waals surface area contributed by atoms with Gasteiger partial charge in [0.2, 0.25) is 5.91 Å². The van der Waals surface area contributed by atoms with Crippen molar-refractivity contribution in [1.29, 1.82) is 0 Å². The third kappa shape index (κ3) is 5.43. The van der Waals surface area contributed by atoms with Crippen molar-refractivity contribution in [2.75, 3.05) is 14.2 Å². The Morgan fingerprint density at radius 1 is 1.26 bits per heavy atom. The number of nitrogens with one attached hydrogen (secondary N) is 1. The molecule has 146 valence electrons. The van der Waals surface area contributed by atoms with E-state index in [-0.39, 0.29) is 18.2 Å². The Labute approximate surface area is 162 Å². The van der Waals surface area contributed by atoms with Gasteiger partial charge in [-0.2, -0.15) is 0 Å². The Hall–Kier alpha value is -2.61. The first-order valence-electron chi connectivity index (χ1n) is 8.53. The standard InChI is InChI=1S/C19H24N2O5S/c1-11(2)8-14(19(23)24)21-16(22)9-12-10-27-18(20-12)13-6-5-7-15(25-3)17(13)26-4/h5-7,10-11,14H,8-9H2,1-4H3,(H,21,22)(H,23,24)/t14-/m1/s1. The normalized spacial score (nSPS) is 11.9. The molecule has 1 atom stereocenters. The zero-order chi connectivity index (χ0) is 20.0. The van der Waals surface area contributed by atoms with Crippen LogP contribution in [0, 0.1) is 5.92 Å². The summed E-state index contributed by atoms with van der Waals surface area (Å²) in [6, 6.07) is 4.61. The average Bonchev–Trinajstić information content (AvgIpc) is 3.07. The number of aliphatic carboxylic acids is 1. The summed E-state index contributed by atoms with van der Waals surface area (Å²) in [6.07, 6.45) is 0.398. The van der Waals surface area contributed by atoms with Gasteiger partial charge in [-0.1, -0.05) is 19.9 Å². The number of benzene rings is 1. The number of ether oxygens (including phenoxy) is 2. The first kappa shape index (κ1) is 20.7. The van der Waals surface area contributed by atoms with Crippen LogP contribution in [-0.2, 0) is 16.0 Å². The van der Waals surface area contributed by atoms with Crippen LogP contribution < -0.4 is 14.8 Å². The van der Waals surface area contributed by atoms with Crippen LogP contribution in [0.15, 0.2) is 23.6 Å². The maximum absolute atomic E-state index is 12.2. The fraction of sp³-hybridized carbons (Fsp3) is 0.421. The minimum Gasteiger partial charge on any atom is -0.493 e. The summed E-state index contributed by atoms with van der Waals surface area (Å²) in [5.74, 6) is -0.0526. The second-order valence-electron chi connectivity index (χ2n) is 6.45. The zero-order valence-corrected chi connectivity index (χ0v) is 16.6. The molecule has 1 heterocycles. The van der Waals surface area contributed by atoms with Crippen LogP contribution >= 0.6 is 11.3 Å².